The van der Waals surface area contributed by atoms with Crippen LogP contribution in [0.4, 0.5) is 8.78 Å². The Hall–Kier alpha value is -1.16. The van der Waals surface area contributed by atoms with Gasteiger partial charge in [-0.05, 0) is 48.4 Å². The van der Waals surface area contributed by atoms with Crippen LogP contribution in [-0.4, -0.2) is 0 Å². The molecule has 0 radical (unpaired) electrons. The lowest BCUT2D eigenvalue weighted by Gasteiger charge is -2.16. The minimum atomic E-state index is -0.800. The Balaban J connectivity index is 2.52. The van der Waals surface area contributed by atoms with Crippen molar-refractivity contribution in [3.63, 3.8) is 0 Å². The van der Waals surface area contributed by atoms with Gasteiger partial charge in [-0.2, -0.15) is 0 Å². The first kappa shape index (κ1) is 14.3. The van der Waals surface area contributed by atoms with E-state index in [1.165, 1.54) is 30.3 Å². The molecule has 0 aliphatic rings. The normalized spacial score (nSPS) is 12.5. The van der Waals surface area contributed by atoms with Gasteiger partial charge in [0, 0.05) is 15.6 Å². The van der Waals surface area contributed by atoms with Crippen molar-refractivity contribution in [1.29, 1.82) is 0 Å². The van der Waals surface area contributed by atoms with Gasteiger partial charge in [-0.25, -0.2) is 8.78 Å². The standard InChI is InChI=1S/C14H11Cl2F2N/c1-7-4-9(11(16)6-13(7)18)14(19)10-5-8(15)2-3-12(10)17/h2-6,14H,19H2,1H3. The monoisotopic (exact) mass is 301 g/mol. The molecule has 0 saturated carbocycles. The third-order valence-electron chi connectivity index (χ3n) is 2.91. The predicted octanol–water partition coefficient (Wildman–Crippen LogP) is 4.63. The van der Waals surface area contributed by atoms with Crippen LogP contribution in [0.25, 0.3) is 0 Å². The number of halogens is 4. The van der Waals surface area contributed by atoms with Crippen molar-refractivity contribution in [1.82, 2.24) is 0 Å². The fourth-order valence-corrected chi connectivity index (χ4v) is 2.29. The van der Waals surface area contributed by atoms with Gasteiger partial charge >= 0.3 is 0 Å². The summed E-state index contributed by atoms with van der Waals surface area (Å²) in [5.74, 6) is -0.900. The van der Waals surface area contributed by atoms with E-state index in [9.17, 15) is 8.78 Å². The Kier molecular flexibility index (Phi) is 4.09. The minimum absolute atomic E-state index is 0.162. The second-order valence-electron chi connectivity index (χ2n) is 4.27. The summed E-state index contributed by atoms with van der Waals surface area (Å²) >= 11 is 11.8. The van der Waals surface area contributed by atoms with Crippen LogP contribution >= 0.6 is 23.2 Å². The molecular weight excluding hydrogens is 291 g/mol. The van der Waals surface area contributed by atoms with Crippen LogP contribution in [0.15, 0.2) is 30.3 Å². The zero-order valence-corrected chi connectivity index (χ0v) is 11.6. The van der Waals surface area contributed by atoms with Gasteiger partial charge in [-0.3, -0.25) is 0 Å². The molecule has 2 aromatic rings. The molecule has 0 heterocycles. The Labute approximate surface area is 119 Å². The van der Waals surface area contributed by atoms with Gasteiger partial charge in [0.2, 0.25) is 0 Å². The highest BCUT2D eigenvalue weighted by atomic mass is 35.5. The van der Waals surface area contributed by atoms with Crippen molar-refractivity contribution in [3.05, 3.63) is 68.7 Å². The fourth-order valence-electron chi connectivity index (χ4n) is 1.84. The first-order valence-electron chi connectivity index (χ1n) is 5.56. The molecule has 1 unspecified atom stereocenters. The Morgan fingerprint density at radius 2 is 1.68 bits per heavy atom. The number of rotatable bonds is 2. The Bertz CT molecular complexity index is 629. The lowest BCUT2D eigenvalue weighted by atomic mass is 9.97. The summed E-state index contributed by atoms with van der Waals surface area (Å²) in [4.78, 5) is 0. The van der Waals surface area contributed by atoms with Crippen LogP contribution in [-0.2, 0) is 0 Å². The van der Waals surface area contributed by atoms with E-state index < -0.39 is 17.7 Å². The van der Waals surface area contributed by atoms with Gasteiger partial charge < -0.3 is 5.73 Å². The van der Waals surface area contributed by atoms with E-state index in [2.05, 4.69) is 0 Å². The SMILES string of the molecule is Cc1cc(C(N)c2cc(Cl)ccc2F)c(Cl)cc1F. The van der Waals surface area contributed by atoms with Crippen LogP contribution in [0.5, 0.6) is 0 Å². The fraction of sp³-hybridized carbons (Fsp3) is 0.143. The molecule has 0 aromatic heterocycles. The van der Waals surface area contributed by atoms with E-state index >= 15 is 0 Å². The summed E-state index contributed by atoms with van der Waals surface area (Å²) < 4.78 is 27.1. The molecule has 2 aromatic carbocycles. The average molecular weight is 302 g/mol. The molecule has 0 amide bonds. The third-order valence-corrected chi connectivity index (χ3v) is 3.47. The number of benzene rings is 2. The van der Waals surface area contributed by atoms with Gasteiger partial charge in [0.15, 0.2) is 0 Å². The zero-order chi connectivity index (χ0) is 14.2. The molecular formula is C14H11Cl2F2N. The van der Waals surface area contributed by atoms with E-state index in [0.717, 1.165) is 0 Å². The van der Waals surface area contributed by atoms with Gasteiger partial charge in [0.1, 0.15) is 11.6 Å². The van der Waals surface area contributed by atoms with Crippen LogP contribution in [0.1, 0.15) is 22.7 Å². The van der Waals surface area contributed by atoms with Gasteiger partial charge in [-0.15, -0.1) is 0 Å². The summed E-state index contributed by atoms with van der Waals surface area (Å²) in [6, 6.07) is 6.01. The lowest BCUT2D eigenvalue weighted by Crippen LogP contribution is -2.14. The van der Waals surface area contributed by atoms with Crippen molar-refractivity contribution in [2.75, 3.05) is 0 Å². The maximum atomic E-state index is 13.8. The van der Waals surface area contributed by atoms with Crippen molar-refractivity contribution in [2.45, 2.75) is 13.0 Å². The molecule has 1 atom stereocenters. The van der Waals surface area contributed by atoms with Crippen molar-refractivity contribution in [3.8, 4) is 0 Å². The maximum absolute atomic E-state index is 13.8. The van der Waals surface area contributed by atoms with Crippen molar-refractivity contribution < 1.29 is 8.78 Å². The molecule has 2 N–H and O–H groups in total. The third kappa shape index (κ3) is 2.89. The van der Waals surface area contributed by atoms with Crippen LogP contribution < -0.4 is 5.73 Å². The number of hydrogen-bond acceptors (Lipinski definition) is 1. The first-order chi connectivity index (χ1) is 8.90. The highest BCUT2D eigenvalue weighted by Crippen LogP contribution is 2.31. The van der Waals surface area contributed by atoms with E-state index in [-0.39, 0.29) is 10.6 Å². The summed E-state index contributed by atoms with van der Waals surface area (Å²) in [7, 11) is 0. The quantitative estimate of drug-likeness (QED) is 0.860. The molecule has 0 spiro atoms. The van der Waals surface area contributed by atoms with E-state index in [0.29, 0.717) is 16.1 Å². The molecule has 0 aliphatic carbocycles. The largest absolute Gasteiger partial charge is 0.320 e. The second-order valence-corrected chi connectivity index (χ2v) is 5.11. The average Bonchev–Trinajstić information content (AvgIpc) is 2.36. The lowest BCUT2D eigenvalue weighted by molar-refractivity contribution is 0.597. The summed E-state index contributed by atoms with van der Waals surface area (Å²) in [6.45, 7) is 1.59. The summed E-state index contributed by atoms with van der Waals surface area (Å²) in [5, 5.41) is 0.539. The second kappa shape index (κ2) is 5.45. The predicted molar refractivity (Wildman–Crippen MR) is 73.6 cm³/mol. The molecule has 5 heteroatoms. The van der Waals surface area contributed by atoms with Crippen LogP contribution in [0.3, 0.4) is 0 Å². The van der Waals surface area contributed by atoms with Crippen LogP contribution in [0, 0.1) is 18.6 Å². The summed E-state index contributed by atoms with van der Waals surface area (Å²) in [6.07, 6.45) is 0. The zero-order valence-electron chi connectivity index (χ0n) is 10.1. The topological polar surface area (TPSA) is 26.0 Å². The number of aryl methyl sites for hydroxylation is 1. The van der Waals surface area contributed by atoms with E-state index in [4.69, 9.17) is 28.9 Å². The maximum Gasteiger partial charge on any atom is 0.128 e. The molecule has 0 saturated heterocycles. The van der Waals surface area contributed by atoms with E-state index in [1.54, 1.807) is 6.92 Å². The molecule has 0 aliphatic heterocycles. The summed E-state index contributed by atoms with van der Waals surface area (Å²) in [5.41, 5.74) is 7.08. The molecule has 100 valence electrons. The van der Waals surface area contributed by atoms with Crippen LogP contribution in [0.2, 0.25) is 10.0 Å². The smallest absolute Gasteiger partial charge is 0.128 e. The number of hydrogen-bond donors (Lipinski definition) is 1. The molecule has 0 fully saturated rings. The Morgan fingerprint density at radius 3 is 2.37 bits per heavy atom. The highest BCUT2D eigenvalue weighted by molar-refractivity contribution is 6.31. The van der Waals surface area contributed by atoms with Gasteiger partial charge in [0.25, 0.3) is 0 Å². The first-order valence-corrected chi connectivity index (χ1v) is 6.32. The molecule has 1 nitrogen and oxygen atoms in total. The molecule has 2 rings (SSSR count). The van der Waals surface area contributed by atoms with E-state index in [1.807, 2.05) is 0 Å². The van der Waals surface area contributed by atoms with Crippen molar-refractivity contribution >= 4 is 23.2 Å². The number of nitrogens with two attached hydrogens (primary N) is 1. The van der Waals surface area contributed by atoms with Crippen molar-refractivity contribution in [2.24, 2.45) is 5.73 Å². The van der Waals surface area contributed by atoms with Gasteiger partial charge in [0.05, 0.1) is 6.04 Å². The Morgan fingerprint density at radius 1 is 1.00 bits per heavy atom. The highest BCUT2D eigenvalue weighted by Gasteiger charge is 2.18. The molecule has 19 heavy (non-hydrogen) atoms. The van der Waals surface area contributed by atoms with Gasteiger partial charge in [-0.1, -0.05) is 23.2 Å². The minimum Gasteiger partial charge on any atom is -0.320 e. The molecule has 0 bridgehead atoms.